The summed E-state index contributed by atoms with van der Waals surface area (Å²) >= 11 is 0. The van der Waals surface area contributed by atoms with E-state index < -0.39 is 23.4 Å². The summed E-state index contributed by atoms with van der Waals surface area (Å²) in [5.41, 5.74) is 1.27. The average Bonchev–Trinajstić information content (AvgIpc) is 3.50. The Kier molecular flexibility index (Phi) is 8.17. The molecule has 1 unspecified atom stereocenters. The zero-order valence-electron chi connectivity index (χ0n) is 20.8. The van der Waals surface area contributed by atoms with Crippen LogP contribution in [-0.2, 0) is 16.1 Å². The topological polar surface area (TPSA) is 105 Å². The quantitative estimate of drug-likeness (QED) is 0.473. The van der Waals surface area contributed by atoms with E-state index in [0.29, 0.717) is 17.2 Å². The van der Waals surface area contributed by atoms with Gasteiger partial charge in [0.05, 0.1) is 25.6 Å². The molecule has 0 aliphatic rings. The summed E-state index contributed by atoms with van der Waals surface area (Å²) in [6, 6.07) is 13.3. The van der Waals surface area contributed by atoms with Gasteiger partial charge in [0.15, 0.2) is 5.76 Å². The van der Waals surface area contributed by atoms with Crippen LogP contribution in [0.25, 0.3) is 0 Å². The second-order valence-electron chi connectivity index (χ2n) is 9.72. The van der Waals surface area contributed by atoms with E-state index in [9.17, 15) is 14.4 Å². The van der Waals surface area contributed by atoms with Crippen molar-refractivity contribution >= 4 is 17.7 Å². The van der Waals surface area contributed by atoms with Crippen molar-refractivity contribution in [3.05, 3.63) is 83.7 Å². The molecule has 3 amide bonds. The number of furan rings is 2. The number of hydrogen-bond donors (Lipinski definition) is 2. The van der Waals surface area contributed by atoms with Gasteiger partial charge in [0.25, 0.3) is 5.91 Å². The molecule has 8 nitrogen and oxygen atoms in total. The Morgan fingerprint density at radius 3 is 2.09 bits per heavy atom. The Bertz CT molecular complexity index is 1110. The maximum Gasteiger partial charge on any atom is 0.287 e. The standard InChI is InChI=1S/C27H33N3O5/c1-18(2)19-10-12-20(13-11-19)24(26(33)29-27(3,4)5)30(17-21-8-6-14-34-21)23(31)16-28-25(32)22-9-7-15-35-22/h6-15,18,24H,16-17H2,1-5H3,(H,28,32)(H,29,33). The molecule has 35 heavy (non-hydrogen) atoms. The smallest absolute Gasteiger partial charge is 0.287 e. The zero-order chi connectivity index (χ0) is 25.6. The fourth-order valence-corrected chi connectivity index (χ4v) is 3.62. The fourth-order valence-electron chi connectivity index (χ4n) is 3.62. The molecule has 1 atom stereocenters. The van der Waals surface area contributed by atoms with Crippen LogP contribution in [0.15, 0.2) is 69.9 Å². The van der Waals surface area contributed by atoms with Crippen LogP contribution in [-0.4, -0.2) is 34.7 Å². The maximum absolute atomic E-state index is 13.5. The van der Waals surface area contributed by atoms with E-state index in [-0.39, 0.29) is 24.8 Å². The number of carbonyl (C=O) groups excluding carboxylic acids is 3. The highest BCUT2D eigenvalue weighted by Gasteiger charge is 2.34. The monoisotopic (exact) mass is 479 g/mol. The first-order chi connectivity index (χ1) is 16.5. The van der Waals surface area contributed by atoms with E-state index in [4.69, 9.17) is 8.83 Å². The Morgan fingerprint density at radius 2 is 1.54 bits per heavy atom. The molecule has 0 saturated heterocycles. The number of amides is 3. The van der Waals surface area contributed by atoms with Gasteiger partial charge >= 0.3 is 0 Å². The van der Waals surface area contributed by atoms with E-state index >= 15 is 0 Å². The van der Waals surface area contributed by atoms with Crippen LogP contribution in [0.4, 0.5) is 0 Å². The van der Waals surface area contributed by atoms with Gasteiger partial charge in [-0.1, -0.05) is 38.1 Å². The van der Waals surface area contributed by atoms with Crippen molar-refractivity contribution in [2.45, 2.75) is 58.7 Å². The molecule has 0 fully saturated rings. The lowest BCUT2D eigenvalue weighted by molar-refractivity contribution is -0.141. The van der Waals surface area contributed by atoms with E-state index in [1.165, 1.54) is 23.5 Å². The van der Waals surface area contributed by atoms with Gasteiger partial charge in [-0.05, 0) is 62.1 Å². The SMILES string of the molecule is CC(C)c1ccc(C(C(=O)NC(C)(C)C)N(Cc2ccco2)C(=O)CNC(=O)c2ccco2)cc1. The third-order valence-corrected chi connectivity index (χ3v) is 5.35. The third kappa shape index (κ3) is 7.09. The predicted octanol–water partition coefficient (Wildman–Crippen LogP) is 4.41. The van der Waals surface area contributed by atoms with Crippen LogP contribution in [0.1, 0.15) is 74.0 Å². The lowest BCUT2D eigenvalue weighted by Gasteiger charge is -2.33. The van der Waals surface area contributed by atoms with Gasteiger partial charge in [-0.2, -0.15) is 0 Å². The molecular weight excluding hydrogens is 446 g/mol. The summed E-state index contributed by atoms with van der Waals surface area (Å²) in [7, 11) is 0. The van der Waals surface area contributed by atoms with Crippen molar-refractivity contribution in [3.8, 4) is 0 Å². The second-order valence-corrected chi connectivity index (χ2v) is 9.72. The molecule has 0 saturated carbocycles. The summed E-state index contributed by atoms with van der Waals surface area (Å²) in [4.78, 5) is 40.8. The van der Waals surface area contributed by atoms with Crippen molar-refractivity contribution in [1.29, 1.82) is 0 Å². The van der Waals surface area contributed by atoms with Gasteiger partial charge in [-0.3, -0.25) is 14.4 Å². The molecule has 0 spiro atoms. The Morgan fingerprint density at radius 1 is 0.914 bits per heavy atom. The van der Waals surface area contributed by atoms with E-state index in [1.54, 1.807) is 18.2 Å². The lowest BCUT2D eigenvalue weighted by Crippen LogP contribution is -2.50. The number of nitrogens with zero attached hydrogens (tertiary/aromatic N) is 1. The van der Waals surface area contributed by atoms with Gasteiger partial charge in [0.2, 0.25) is 11.8 Å². The van der Waals surface area contributed by atoms with E-state index in [2.05, 4.69) is 24.5 Å². The predicted molar refractivity (Wildman–Crippen MR) is 131 cm³/mol. The molecule has 8 heteroatoms. The lowest BCUT2D eigenvalue weighted by atomic mass is 9.97. The van der Waals surface area contributed by atoms with Crippen molar-refractivity contribution in [2.24, 2.45) is 0 Å². The molecule has 0 bridgehead atoms. The van der Waals surface area contributed by atoms with Crippen LogP contribution in [0.3, 0.4) is 0 Å². The molecule has 2 N–H and O–H groups in total. The van der Waals surface area contributed by atoms with Crippen LogP contribution in [0.2, 0.25) is 0 Å². The molecule has 2 heterocycles. The summed E-state index contributed by atoms with van der Waals surface area (Å²) in [6.07, 6.45) is 2.89. The number of carbonyl (C=O) groups is 3. The molecule has 0 aliphatic heterocycles. The molecule has 0 aliphatic carbocycles. The Balaban J connectivity index is 1.94. The molecule has 2 aromatic heterocycles. The molecule has 186 valence electrons. The number of rotatable bonds is 9. The van der Waals surface area contributed by atoms with Gasteiger partial charge in [0.1, 0.15) is 11.8 Å². The van der Waals surface area contributed by atoms with Gasteiger partial charge in [0, 0.05) is 5.54 Å². The van der Waals surface area contributed by atoms with Gasteiger partial charge < -0.3 is 24.4 Å². The minimum Gasteiger partial charge on any atom is -0.467 e. The Labute approximate surface area is 205 Å². The Hall–Kier alpha value is -3.81. The zero-order valence-corrected chi connectivity index (χ0v) is 20.8. The number of benzene rings is 1. The molecule has 3 aromatic rings. The van der Waals surface area contributed by atoms with Crippen LogP contribution < -0.4 is 10.6 Å². The summed E-state index contributed by atoms with van der Waals surface area (Å²) in [5.74, 6) is -0.345. The van der Waals surface area contributed by atoms with Gasteiger partial charge in [-0.25, -0.2) is 0 Å². The highest BCUT2D eigenvalue weighted by molar-refractivity contribution is 5.95. The van der Waals surface area contributed by atoms with E-state index in [1.807, 2.05) is 45.0 Å². The largest absolute Gasteiger partial charge is 0.467 e. The maximum atomic E-state index is 13.5. The fraction of sp³-hybridized carbons (Fsp3) is 0.370. The van der Waals surface area contributed by atoms with Crippen LogP contribution in [0, 0.1) is 0 Å². The third-order valence-electron chi connectivity index (χ3n) is 5.35. The van der Waals surface area contributed by atoms with Crippen molar-refractivity contribution in [3.63, 3.8) is 0 Å². The number of hydrogen-bond acceptors (Lipinski definition) is 5. The van der Waals surface area contributed by atoms with Crippen molar-refractivity contribution in [1.82, 2.24) is 15.5 Å². The molecule has 3 rings (SSSR count). The molecular formula is C27H33N3O5. The molecule has 1 aromatic carbocycles. The minimum atomic E-state index is -0.937. The van der Waals surface area contributed by atoms with Crippen molar-refractivity contribution < 1.29 is 23.2 Å². The number of nitrogens with one attached hydrogen (secondary N) is 2. The summed E-state index contributed by atoms with van der Waals surface area (Å²) < 4.78 is 10.6. The highest BCUT2D eigenvalue weighted by Crippen LogP contribution is 2.27. The average molecular weight is 480 g/mol. The van der Waals surface area contributed by atoms with Crippen LogP contribution in [0.5, 0.6) is 0 Å². The highest BCUT2D eigenvalue weighted by atomic mass is 16.3. The minimum absolute atomic E-state index is 0.0522. The summed E-state index contributed by atoms with van der Waals surface area (Å²) in [6.45, 7) is 9.56. The normalized spacial score (nSPS) is 12.3. The van der Waals surface area contributed by atoms with E-state index in [0.717, 1.165) is 5.56 Å². The summed E-state index contributed by atoms with van der Waals surface area (Å²) in [5, 5.41) is 5.57. The molecule has 0 radical (unpaired) electrons. The first kappa shape index (κ1) is 25.8. The first-order valence-corrected chi connectivity index (χ1v) is 11.6. The van der Waals surface area contributed by atoms with Gasteiger partial charge in [-0.15, -0.1) is 0 Å². The van der Waals surface area contributed by atoms with Crippen LogP contribution >= 0.6 is 0 Å². The second kappa shape index (κ2) is 11.1. The first-order valence-electron chi connectivity index (χ1n) is 11.6. The van der Waals surface area contributed by atoms with Crippen molar-refractivity contribution in [2.75, 3.05) is 6.54 Å².